The monoisotopic (exact) mass is 347 g/mol. The number of aryl methyl sites for hydroxylation is 1. The van der Waals surface area contributed by atoms with Gasteiger partial charge in [-0.2, -0.15) is 0 Å². The van der Waals surface area contributed by atoms with Gasteiger partial charge in [-0.25, -0.2) is 15.0 Å². The van der Waals surface area contributed by atoms with Crippen molar-refractivity contribution in [2.45, 2.75) is 25.8 Å². The molecule has 6 heteroatoms. The summed E-state index contributed by atoms with van der Waals surface area (Å²) in [5.74, 6) is 1.77. The van der Waals surface area contributed by atoms with Crippen LogP contribution >= 0.6 is 15.9 Å². The molecule has 0 spiro atoms. The van der Waals surface area contributed by atoms with E-state index in [1.165, 1.54) is 5.56 Å². The highest BCUT2D eigenvalue weighted by molar-refractivity contribution is 9.10. The molecule has 0 bridgehead atoms. The Labute approximate surface area is 133 Å². The first-order chi connectivity index (χ1) is 10.2. The van der Waals surface area contributed by atoms with Crippen LogP contribution in [0.15, 0.2) is 35.2 Å². The zero-order valence-electron chi connectivity index (χ0n) is 12.0. The van der Waals surface area contributed by atoms with Crippen LogP contribution in [-0.2, 0) is 0 Å². The number of pyridine rings is 1. The van der Waals surface area contributed by atoms with Crippen LogP contribution in [0, 0.1) is 6.92 Å². The zero-order chi connectivity index (χ0) is 14.7. The van der Waals surface area contributed by atoms with Gasteiger partial charge in [0.1, 0.15) is 5.82 Å². The van der Waals surface area contributed by atoms with Crippen LogP contribution in [0.2, 0.25) is 0 Å². The van der Waals surface area contributed by atoms with Gasteiger partial charge in [0, 0.05) is 42.2 Å². The third-order valence-electron chi connectivity index (χ3n) is 3.64. The molecule has 1 fully saturated rings. The lowest BCUT2D eigenvalue weighted by atomic mass is 10.1. The van der Waals surface area contributed by atoms with Crippen LogP contribution < -0.4 is 10.2 Å². The number of piperidine rings is 1. The van der Waals surface area contributed by atoms with E-state index in [-0.39, 0.29) is 0 Å². The number of aromatic nitrogens is 3. The first-order valence-corrected chi connectivity index (χ1v) is 7.92. The molecule has 3 rings (SSSR count). The van der Waals surface area contributed by atoms with Gasteiger partial charge in [0.25, 0.3) is 0 Å². The molecule has 5 nitrogen and oxygen atoms in total. The summed E-state index contributed by atoms with van der Waals surface area (Å²) in [6.07, 6.45) is 7.65. The molecular formula is C15H18BrN5. The fraction of sp³-hybridized carbons (Fsp3) is 0.400. The predicted molar refractivity (Wildman–Crippen MR) is 87.6 cm³/mol. The van der Waals surface area contributed by atoms with Crippen LogP contribution in [0.25, 0.3) is 0 Å². The molecule has 0 radical (unpaired) electrons. The standard InChI is InChI=1S/C15H18BrN5/c1-11-8-12(16)9-19-14(11)21-7-2-4-13(10-21)20-15-17-5-3-6-18-15/h3,5-6,8-9,13H,2,4,7,10H2,1H3,(H,17,18,20). The second-order valence-electron chi connectivity index (χ2n) is 5.30. The summed E-state index contributed by atoms with van der Waals surface area (Å²) in [5.41, 5.74) is 1.20. The number of hydrogen-bond donors (Lipinski definition) is 1. The van der Waals surface area contributed by atoms with Crippen molar-refractivity contribution < 1.29 is 0 Å². The highest BCUT2D eigenvalue weighted by Crippen LogP contribution is 2.24. The van der Waals surface area contributed by atoms with Crippen LogP contribution in [0.1, 0.15) is 18.4 Å². The summed E-state index contributed by atoms with van der Waals surface area (Å²) in [7, 11) is 0. The second-order valence-corrected chi connectivity index (χ2v) is 6.21. The van der Waals surface area contributed by atoms with Gasteiger partial charge in [-0.05, 0) is 53.4 Å². The Morgan fingerprint density at radius 1 is 1.29 bits per heavy atom. The lowest BCUT2D eigenvalue weighted by molar-refractivity contribution is 0.523. The maximum Gasteiger partial charge on any atom is 0.222 e. The van der Waals surface area contributed by atoms with Crippen LogP contribution in [0.5, 0.6) is 0 Å². The first kappa shape index (κ1) is 14.3. The quantitative estimate of drug-likeness (QED) is 0.924. The normalized spacial score (nSPS) is 18.6. The number of anilines is 2. The maximum absolute atomic E-state index is 4.56. The number of nitrogens with zero attached hydrogens (tertiary/aromatic N) is 4. The van der Waals surface area contributed by atoms with E-state index in [4.69, 9.17) is 0 Å². The topological polar surface area (TPSA) is 53.9 Å². The van der Waals surface area contributed by atoms with E-state index in [0.717, 1.165) is 36.2 Å². The molecule has 0 saturated carbocycles. The Hall–Kier alpha value is -1.69. The summed E-state index contributed by atoms with van der Waals surface area (Å²) in [5, 5.41) is 3.41. The van der Waals surface area contributed by atoms with Crippen molar-refractivity contribution in [3.8, 4) is 0 Å². The van der Waals surface area contributed by atoms with E-state index < -0.39 is 0 Å². The Morgan fingerprint density at radius 2 is 2.10 bits per heavy atom. The van der Waals surface area contributed by atoms with E-state index in [0.29, 0.717) is 12.0 Å². The molecular weight excluding hydrogens is 330 g/mol. The molecule has 1 unspecified atom stereocenters. The highest BCUT2D eigenvalue weighted by atomic mass is 79.9. The summed E-state index contributed by atoms with van der Waals surface area (Å²) in [6.45, 7) is 4.07. The Balaban J connectivity index is 1.71. The fourth-order valence-corrected chi connectivity index (χ4v) is 3.15. The van der Waals surface area contributed by atoms with E-state index in [2.05, 4.69) is 54.1 Å². The van der Waals surface area contributed by atoms with Crippen molar-refractivity contribution in [3.05, 3.63) is 40.8 Å². The lowest BCUT2D eigenvalue weighted by Gasteiger charge is -2.34. The van der Waals surface area contributed by atoms with E-state index in [1.54, 1.807) is 12.4 Å². The first-order valence-electron chi connectivity index (χ1n) is 7.13. The molecule has 1 aliphatic heterocycles. The average Bonchev–Trinajstić information content (AvgIpc) is 2.48. The third kappa shape index (κ3) is 3.50. The maximum atomic E-state index is 4.56. The van der Waals surface area contributed by atoms with Gasteiger partial charge in [0.2, 0.25) is 5.95 Å². The Bertz CT molecular complexity index is 604. The molecule has 0 aliphatic carbocycles. The molecule has 1 aliphatic rings. The average molecular weight is 348 g/mol. The number of hydrogen-bond acceptors (Lipinski definition) is 5. The zero-order valence-corrected chi connectivity index (χ0v) is 13.5. The molecule has 1 saturated heterocycles. The lowest BCUT2D eigenvalue weighted by Crippen LogP contribution is -2.43. The minimum atomic E-state index is 0.353. The van der Waals surface area contributed by atoms with Crippen molar-refractivity contribution in [2.24, 2.45) is 0 Å². The molecule has 1 N–H and O–H groups in total. The summed E-state index contributed by atoms with van der Waals surface area (Å²) < 4.78 is 1.02. The Kier molecular flexibility index (Phi) is 4.34. The summed E-state index contributed by atoms with van der Waals surface area (Å²) in [4.78, 5) is 15.4. The molecule has 2 aromatic rings. The van der Waals surface area contributed by atoms with Gasteiger partial charge in [-0.1, -0.05) is 0 Å². The SMILES string of the molecule is Cc1cc(Br)cnc1N1CCCC(Nc2ncccn2)C1. The fourth-order valence-electron chi connectivity index (χ4n) is 2.71. The smallest absolute Gasteiger partial charge is 0.222 e. The van der Waals surface area contributed by atoms with E-state index in [1.807, 2.05) is 12.3 Å². The number of rotatable bonds is 3. The van der Waals surface area contributed by atoms with E-state index in [9.17, 15) is 0 Å². The molecule has 0 aromatic carbocycles. The number of halogens is 1. The van der Waals surface area contributed by atoms with Crippen molar-refractivity contribution >= 4 is 27.7 Å². The van der Waals surface area contributed by atoms with Crippen LogP contribution in [0.3, 0.4) is 0 Å². The van der Waals surface area contributed by atoms with Gasteiger partial charge in [0.05, 0.1) is 0 Å². The van der Waals surface area contributed by atoms with Crippen molar-refractivity contribution in [1.82, 2.24) is 15.0 Å². The van der Waals surface area contributed by atoms with Crippen LogP contribution in [-0.4, -0.2) is 34.1 Å². The molecule has 110 valence electrons. The predicted octanol–water partition coefficient (Wildman–Crippen LogP) is 3.02. The molecule has 0 amide bonds. The minimum absolute atomic E-state index is 0.353. The van der Waals surface area contributed by atoms with E-state index >= 15 is 0 Å². The third-order valence-corrected chi connectivity index (χ3v) is 4.07. The minimum Gasteiger partial charge on any atom is -0.354 e. The molecule has 2 aromatic heterocycles. The van der Waals surface area contributed by atoms with Crippen molar-refractivity contribution in [2.75, 3.05) is 23.3 Å². The van der Waals surface area contributed by atoms with Crippen LogP contribution in [0.4, 0.5) is 11.8 Å². The largest absolute Gasteiger partial charge is 0.354 e. The molecule has 3 heterocycles. The second kappa shape index (κ2) is 6.39. The van der Waals surface area contributed by atoms with Gasteiger partial charge >= 0.3 is 0 Å². The highest BCUT2D eigenvalue weighted by Gasteiger charge is 2.22. The molecule has 21 heavy (non-hydrogen) atoms. The Morgan fingerprint density at radius 3 is 2.86 bits per heavy atom. The molecule has 1 atom stereocenters. The number of nitrogens with one attached hydrogen (secondary N) is 1. The van der Waals surface area contributed by atoms with Crippen molar-refractivity contribution in [3.63, 3.8) is 0 Å². The summed E-state index contributed by atoms with van der Waals surface area (Å²) >= 11 is 3.47. The van der Waals surface area contributed by atoms with Gasteiger partial charge in [0.15, 0.2) is 0 Å². The summed E-state index contributed by atoms with van der Waals surface area (Å²) in [6, 6.07) is 4.29. The van der Waals surface area contributed by atoms with Crippen molar-refractivity contribution in [1.29, 1.82) is 0 Å². The van der Waals surface area contributed by atoms with Gasteiger partial charge < -0.3 is 10.2 Å². The van der Waals surface area contributed by atoms with Gasteiger partial charge in [-0.15, -0.1) is 0 Å². The van der Waals surface area contributed by atoms with Gasteiger partial charge in [-0.3, -0.25) is 0 Å².